The van der Waals surface area contributed by atoms with Crippen LogP contribution in [0, 0.1) is 5.41 Å². The van der Waals surface area contributed by atoms with Crippen molar-refractivity contribution in [1.29, 1.82) is 0 Å². The highest BCUT2D eigenvalue weighted by Crippen LogP contribution is 2.36. The molecule has 0 heterocycles. The van der Waals surface area contributed by atoms with Gasteiger partial charge in [-0.1, -0.05) is 12.8 Å². The van der Waals surface area contributed by atoms with Gasteiger partial charge in [-0.2, -0.15) is 0 Å². The molecule has 0 saturated heterocycles. The van der Waals surface area contributed by atoms with E-state index < -0.39 is 5.41 Å². The van der Waals surface area contributed by atoms with Crippen molar-refractivity contribution in [2.24, 2.45) is 11.1 Å². The number of ether oxygens (including phenoxy) is 3. The third-order valence-corrected chi connectivity index (χ3v) is 3.84. The minimum Gasteiger partial charge on any atom is -0.463 e. The summed E-state index contributed by atoms with van der Waals surface area (Å²) >= 11 is 0. The van der Waals surface area contributed by atoms with E-state index in [4.69, 9.17) is 19.9 Å². The molecule has 0 amide bonds. The van der Waals surface area contributed by atoms with Gasteiger partial charge in [0.2, 0.25) is 0 Å². The van der Waals surface area contributed by atoms with Crippen LogP contribution < -0.4 is 5.73 Å². The third kappa shape index (κ3) is 5.09. The first-order valence-electron chi connectivity index (χ1n) is 7.11. The van der Waals surface area contributed by atoms with Crippen molar-refractivity contribution in [3.63, 3.8) is 0 Å². The van der Waals surface area contributed by atoms with Crippen LogP contribution in [0.2, 0.25) is 0 Å². The van der Waals surface area contributed by atoms with Crippen molar-refractivity contribution in [2.45, 2.75) is 45.1 Å². The van der Waals surface area contributed by atoms with Gasteiger partial charge in [0.25, 0.3) is 0 Å². The van der Waals surface area contributed by atoms with Gasteiger partial charge in [-0.05, 0) is 26.2 Å². The summed E-state index contributed by atoms with van der Waals surface area (Å²) in [6.45, 7) is 3.96. The van der Waals surface area contributed by atoms with Gasteiger partial charge < -0.3 is 19.9 Å². The number of nitrogens with two attached hydrogens (primary N) is 1. The molecular formula is C14H27NO4. The number of carbonyl (C=O) groups is 1. The molecular weight excluding hydrogens is 246 g/mol. The van der Waals surface area contributed by atoms with Gasteiger partial charge in [-0.15, -0.1) is 0 Å². The first kappa shape index (κ1) is 16.4. The molecule has 0 bridgehead atoms. The molecule has 0 aromatic heterocycles. The minimum atomic E-state index is -0.520. The van der Waals surface area contributed by atoms with E-state index in [0.717, 1.165) is 32.1 Å². The maximum absolute atomic E-state index is 12.1. The van der Waals surface area contributed by atoms with Crippen molar-refractivity contribution in [1.82, 2.24) is 0 Å². The Morgan fingerprint density at radius 3 is 2.74 bits per heavy atom. The summed E-state index contributed by atoms with van der Waals surface area (Å²) in [5.74, 6) is -0.180. The van der Waals surface area contributed by atoms with Crippen molar-refractivity contribution < 1.29 is 19.0 Å². The molecule has 5 heteroatoms. The molecule has 0 radical (unpaired) electrons. The van der Waals surface area contributed by atoms with Crippen LogP contribution in [0.25, 0.3) is 0 Å². The SMILES string of the molecule is COCCCOCCOC(=O)C1(C)CCCCC1N. The Bertz CT molecular complexity index is 272. The second-order valence-electron chi connectivity index (χ2n) is 5.36. The zero-order valence-electron chi connectivity index (χ0n) is 12.2. The Balaban J connectivity index is 2.16. The van der Waals surface area contributed by atoms with E-state index in [2.05, 4.69) is 0 Å². The van der Waals surface area contributed by atoms with Crippen molar-refractivity contribution in [3.8, 4) is 0 Å². The molecule has 0 aromatic rings. The molecule has 1 fully saturated rings. The lowest BCUT2D eigenvalue weighted by atomic mass is 9.72. The average Bonchev–Trinajstić information content (AvgIpc) is 2.41. The summed E-state index contributed by atoms with van der Waals surface area (Å²) < 4.78 is 15.5. The van der Waals surface area contributed by atoms with Gasteiger partial charge in [-0.25, -0.2) is 0 Å². The summed E-state index contributed by atoms with van der Waals surface area (Å²) in [5, 5.41) is 0. The Morgan fingerprint density at radius 1 is 1.26 bits per heavy atom. The molecule has 1 rings (SSSR count). The van der Waals surface area contributed by atoms with Crippen molar-refractivity contribution in [2.75, 3.05) is 33.5 Å². The molecule has 1 aliphatic rings. The van der Waals surface area contributed by atoms with Gasteiger partial charge in [0.05, 0.1) is 12.0 Å². The summed E-state index contributed by atoms with van der Waals surface area (Å²) in [6, 6.07) is -0.0867. The number of carbonyl (C=O) groups excluding carboxylic acids is 1. The van der Waals surface area contributed by atoms with Crippen molar-refractivity contribution >= 4 is 5.97 Å². The highest BCUT2D eigenvalue weighted by Gasteiger charge is 2.42. The van der Waals surface area contributed by atoms with Crippen LogP contribution in [0.1, 0.15) is 39.0 Å². The molecule has 1 aliphatic carbocycles. The Morgan fingerprint density at radius 2 is 2.05 bits per heavy atom. The van der Waals surface area contributed by atoms with Crippen LogP contribution in [0.5, 0.6) is 0 Å². The van der Waals surface area contributed by atoms with Crippen LogP contribution in [-0.4, -0.2) is 45.5 Å². The van der Waals surface area contributed by atoms with Crippen LogP contribution in [0.3, 0.4) is 0 Å². The van der Waals surface area contributed by atoms with Crippen LogP contribution in [0.15, 0.2) is 0 Å². The number of esters is 1. The summed E-state index contributed by atoms with van der Waals surface area (Å²) in [5.41, 5.74) is 5.53. The fourth-order valence-corrected chi connectivity index (χ4v) is 2.38. The Hall–Kier alpha value is -0.650. The number of methoxy groups -OCH3 is 1. The monoisotopic (exact) mass is 273 g/mol. The van der Waals surface area contributed by atoms with E-state index >= 15 is 0 Å². The second-order valence-corrected chi connectivity index (χ2v) is 5.36. The molecule has 112 valence electrons. The van der Waals surface area contributed by atoms with E-state index in [9.17, 15) is 4.79 Å². The molecule has 1 saturated carbocycles. The van der Waals surface area contributed by atoms with E-state index in [1.807, 2.05) is 6.92 Å². The first-order chi connectivity index (χ1) is 9.11. The maximum atomic E-state index is 12.1. The van der Waals surface area contributed by atoms with E-state index in [1.165, 1.54) is 0 Å². The van der Waals surface area contributed by atoms with Gasteiger partial charge >= 0.3 is 5.97 Å². The largest absolute Gasteiger partial charge is 0.463 e. The standard InChI is InChI=1S/C14H27NO4/c1-14(7-4-3-6-12(14)15)13(16)19-11-10-18-9-5-8-17-2/h12H,3-11,15H2,1-2H3. The topological polar surface area (TPSA) is 70.8 Å². The van der Waals surface area contributed by atoms with E-state index in [-0.39, 0.29) is 12.0 Å². The molecule has 2 N–H and O–H groups in total. The predicted octanol–water partition coefficient (Wildman–Crippen LogP) is 1.49. The van der Waals surface area contributed by atoms with Crippen molar-refractivity contribution in [3.05, 3.63) is 0 Å². The molecule has 2 atom stereocenters. The fourth-order valence-electron chi connectivity index (χ4n) is 2.38. The number of rotatable bonds is 8. The summed E-state index contributed by atoms with van der Waals surface area (Å²) in [7, 11) is 1.66. The first-order valence-corrected chi connectivity index (χ1v) is 7.11. The molecule has 2 unspecified atom stereocenters. The second kappa shape index (κ2) is 8.51. The highest BCUT2D eigenvalue weighted by molar-refractivity contribution is 5.77. The van der Waals surface area contributed by atoms with Gasteiger partial charge in [0, 0.05) is 26.4 Å². The molecule has 19 heavy (non-hydrogen) atoms. The molecule has 0 spiro atoms. The van der Waals surface area contributed by atoms with Gasteiger partial charge in [0.1, 0.15) is 6.61 Å². The summed E-state index contributed by atoms with van der Waals surface area (Å²) in [6.07, 6.45) is 4.73. The van der Waals surface area contributed by atoms with Gasteiger partial charge in [0.15, 0.2) is 0 Å². The zero-order valence-corrected chi connectivity index (χ0v) is 12.2. The molecule has 0 aliphatic heterocycles. The van der Waals surface area contributed by atoms with Gasteiger partial charge in [-0.3, -0.25) is 4.79 Å². The predicted molar refractivity (Wildman–Crippen MR) is 72.8 cm³/mol. The maximum Gasteiger partial charge on any atom is 0.313 e. The molecule has 0 aromatic carbocycles. The average molecular weight is 273 g/mol. The normalized spacial score (nSPS) is 27.2. The Labute approximate surface area is 115 Å². The van der Waals surface area contributed by atoms with E-state index in [0.29, 0.717) is 26.4 Å². The smallest absolute Gasteiger partial charge is 0.313 e. The fraction of sp³-hybridized carbons (Fsp3) is 0.929. The number of hydrogen-bond acceptors (Lipinski definition) is 5. The highest BCUT2D eigenvalue weighted by atomic mass is 16.6. The zero-order chi connectivity index (χ0) is 14.1. The molecule has 5 nitrogen and oxygen atoms in total. The Kier molecular flexibility index (Phi) is 7.34. The van der Waals surface area contributed by atoms with Crippen LogP contribution in [0.4, 0.5) is 0 Å². The van der Waals surface area contributed by atoms with Crippen LogP contribution >= 0.6 is 0 Å². The van der Waals surface area contributed by atoms with Crippen LogP contribution in [-0.2, 0) is 19.0 Å². The third-order valence-electron chi connectivity index (χ3n) is 3.84. The van der Waals surface area contributed by atoms with E-state index in [1.54, 1.807) is 7.11 Å². The number of hydrogen-bond donors (Lipinski definition) is 1. The lowest BCUT2D eigenvalue weighted by Gasteiger charge is -2.36. The quantitative estimate of drug-likeness (QED) is 0.536. The minimum absolute atomic E-state index is 0.0867. The lowest BCUT2D eigenvalue weighted by molar-refractivity contribution is -0.159. The lowest BCUT2D eigenvalue weighted by Crippen LogP contribution is -2.48. The summed E-state index contributed by atoms with van der Waals surface area (Å²) in [4.78, 5) is 12.1.